The minimum atomic E-state index is -0.516. The summed E-state index contributed by atoms with van der Waals surface area (Å²) in [6.07, 6.45) is 3.30. The van der Waals surface area contributed by atoms with Crippen molar-refractivity contribution in [2.75, 3.05) is 43.5 Å². The van der Waals surface area contributed by atoms with Crippen molar-refractivity contribution in [2.24, 2.45) is 0 Å². The first kappa shape index (κ1) is 17.3. The van der Waals surface area contributed by atoms with Gasteiger partial charge in [-0.1, -0.05) is 11.6 Å². The molecule has 1 saturated heterocycles. The molecule has 0 saturated carbocycles. The van der Waals surface area contributed by atoms with Crippen LogP contribution in [-0.2, 0) is 0 Å². The highest BCUT2D eigenvalue weighted by Crippen LogP contribution is 2.25. The fourth-order valence-electron chi connectivity index (χ4n) is 2.72. The number of anilines is 2. The maximum atomic E-state index is 13.7. The normalized spacial score (nSPS) is 14.4. The van der Waals surface area contributed by atoms with Gasteiger partial charge in [0.05, 0.1) is 17.8 Å². The highest BCUT2D eigenvalue weighted by molar-refractivity contribution is 6.33. The topological polar surface area (TPSA) is 57.7 Å². The number of amides is 2. The van der Waals surface area contributed by atoms with Crippen LogP contribution < -0.4 is 15.0 Å². The van der Waals surface area contributed by atoms with Crippen molar-refractivity contribution in [2.45, 2.75) is 0 Å². The number of urea groups is 1. The van der Waals surface area contributed by atoms with Gasteiger partial charge in [0, 0.05) is 50.3 Å². The van der Waals surface area contributed by atoms with Crippen molar-refractivity contribution in [3.63, 3.8) is 0 Å². The van der Waals surface area contributed by atoms with E-state index in [2.05, 4.69) is 15.2 Å². The smallest absolute Gasteiger partial charge is 0.321 e. The molecule has 2 heterocycles. The molecule has 0 atom stereocenters. The molecule has 6 nitrogen and oxygen atoms in total. The average Bonchev–Trinajstić information content (AvgIpc) is 2.62. The summed E-state index contributed by atoms with van der Waals surface area (Å²) in [5, 5.41) is 3.30. The van der Waals surface area contributed by atoms with E-state index in [4.69, 9.17) is 16.3 Å². The van der Waals surface area contributed by atoms with E-state index >= 15 is 0 Å². The van der Waals surface area contributed by atoms with Crippen LogP contribution in [0.3, 0.4) is 0 Å². The van der Waals surface area contributed by atoms with Crippen molar-refractivity contribution in [1.82, 2.24) is 9.88 Å². The van der Waals surface area contributed by atoms with Crippen LogP contribution in [0.25, 0.3) is 0 Å². The lowest BCUT2D eigenvalue weighted by atomic mass is 10.2. The maximum Gasteiger partial charge on any atom is 0.321 e. The van der Waals surface area contributed by atoms with E-state index in [1.165, 1.54) is 19.2 Å². The molecule has 2 amide bonds. The highest BCUT2D eigenvalue weighted by Gasteiger charge is 2.22. The Morgan fingerprint density at radius 3 is 2.68 bits per heavy atom. The Balaban J connectivity index is 1.58. The number of nitrogens with zero attached hydrogens (tertiary/aromatic N) is 3. The second kappa shape index (κ2) is 7.57. The number of pyridine rings is 1. The largest absolute Gasteiger partial charge is 0.494 e. The van der Waals surface area contributed by atoms with E-state index in [9.17, 15) is 9.18 Å². The summed E-state index contributed by atoms with van der Waals surface area (Å²) in [6.45, 7) is 2.41. The Hall–Kier alpha value is -2.54. The number of nitrogens with one attached hydrogen (secondary N) is 1. The Labute approximate surface area is 150 Å². The van der Waals surface area contributed by atoms with E-state index in [-0.39, 0.29) is 11.8 Å². The summed E-state index contributed by atoms with van der Waals surface area (Å²) >= 11 is 6.16. The van der Waals surface area contributed by atoms with Crippen LogP contribution in [0, 0.1) is 5.82 Å². The molecular formula is C17H18ClFN4O2. The molecule has 1 aromatic heterocycles. The number of halogens is 2. The van der Waals surface area contributed by atoms with Crippen molar-refractivity contribution in [3.05, 3.63) is 47.5 Å². The van der Waals surface area contributed by atoms with Crippen LogP contribution in [0.1, 0.15) is 0 Å². The van der Waals surface area contributed by atoms with E-state index in [1.54, 1.807) is 23.4 Å². The average molecular weight is 365 g/mol. The van der Waals surface area contributed by atoms with Crippen molar-refractivity contribution in [1.29, 1.82) is 0 Å². The van der Waals surface area contributed by atoms with Crippen LogP contribution in [-0.4, -0.2) is 49.2 Å². The molecule has 1 aromatic carbocycles. The lowest BCUT2D eigenvalue weighted by Gasteiger charge is -2.36. The Bertz CT molecular complexity index is 766. The van der Waals surface area contributed by atoms with E-state index in [0.717, 1.165) is 5.69 Å². The maximum absolute atomic E-state index is 13.7. The summed E-state index contributed by atoms with van der Waals surface area (Å²) in [7, 11) is 1.39. The third-order valence-electron chi connectivity index (χ3n) is 4.06. The van der Waals surface area contributed by atoms with Crippen LogP contribution >= 0.6 is 11.6 Å². The van der Waals surface area contributed by atoms with Crippen LogP contribution in [0.5, 0.6) is 5.75 Å². The molecule has 0 aliphatic carbocycles. The zero-order chi connectivity index (χ0) is 17.8. The highest BCUT2D eigenvalue weighted by atomic mass is 35.5. The lowest BCUT2D eigenvalue weighted by molar-refractivity contribution is 0.208. The van der Waals surface area contributed by atoms with Gasteiger partial charge in [0.15, 0.2) is 11.6 Å². The van der Waals surface area contributed by atoms with E-state index in [0.29, 0.717) is 36.9 Å². The number of carbonyl (C=O) groups is 1. The van der Waals surface area contributed by atoms with Crippen molar-refractivity contribution in [3.8, 4) is 5.75 Å². The molecule has 25 heavy (non-hydrogen) atoms. The number of hydrogen-bond donors (Lipinski definition) is 1. The van der Waals surface area contributed by atoms with Gasteiger partial charge in [-0.2, -0.15) is 0 Å². The van der Waals surface area contributed by atoms with Gasteiger partial charge in [-0.25, -0.2) is 9.18 Å². The second-order valence-corrected chi connectivity index (χ2v) is 5.99. The molecule has 2 aromatic rings. The molecule has 1 N–H and O–H groups in total. The van der Waals surface area contributed by atoms with Gasteiger partial charge >= 0.3 is 6.03 Å². The molecule has 3 rings (SSSR count). The van der Waals surface area contributed by atoms with E-state index in [1.807, 2.05) is 6.07 Å². The van der Waals surface area contributed by atoms with E-state index < -0.39 is 5.82 Å². The molecule has 132 valence electrons. The Kier molecular flexibility index (Phi) is 5.23. The molecule has 0 bridgehead atoms. The standard InChI is InChI=1S/C17H18ClFN4O2/c1-25-16-3-2-12(10-14(16)19)21-17(24)23-8-6-22(7-9-23)15-4-5-20-11-13(15)18/h2-5,10-11H,6-9H2,1H3,(H,21,24). The van der Waals surface area contributed by atoms with Gasteiger partial charge in [-0.15, -0.1) is 0 Å². The minimum Gasteiger partial charge on any atom is -0.494 e. The number of aromatic nitrogens is 1. The number of rotatable bonds is 3. The van der Waals surface area contributed by atoms with Crippen LogP contribution in [0.15, 0.2) is 36.7 Å². The SMILES string of the molecule is COc1ccc(NC(=O)N2CCN(c3ccncc3Cl)CC2)cc1F. The summed E-state index contributed by atoms with van der Waals surface area (Å²) < 4.78 is 18.6. The third-order valence-corrected chi connectivity index (χ3v) is 4.35. The quantitative estimate of drug-likeness (QED) is 0.908. The predicted octanol–water partition coefficient (Wildman–Crippen LogP) is 3.24. The summed E-state index contributed by atoms with van der Waals surface area (Å²) in [4.78, 5) is 20.1. The number of piperazine rings is 1. The molecule has 0 radical (unpaired) electrons. The van der Waals surface area contributed by atoms with Gasteiger partial charge in [0.1, 0.15) is 0 Å². The molecule has 8 heteroatoms. The number of hydrogen-bond acceptors (Lipinski definition) is 4. The first-order chi connectivity index (χ1) is 12.1. The Morgan fingerprint density at radius 2 is 2.04 bits per heavy atom. The third kappa shape index (κ3) is 3.93. The first-order valence-electron chi connectivity index (χ1n) is 7.82. The predicted molar refractivity (Wildman–Crippen MR) is 95.0 cm³/mol. The fourth-order valence-corrected chi connectivity index (χ4v) is 2.96. The molecular weight excluding hydrogens is 347 g/mol. The molecule has 1 fully saturated rings. The number of ether oxygens (including phenoxy) is 1. The van der Waals surface area contributed by atoms with Crippen molar-refractivity contribution >= 4 is 29.0 Å². The second-order valence-electron chi connectivity index (χ2n) is 5.58. The van der Waals surface area contributed by atoms with Gasteiger partial charge < -0.3 is 19.9 Å². The molecule has 0 unspecified atom stereocenters. The van der Waals surface area contributed by atoms with Crippen molar-refractivity contribution < 1.29 is 13.9 Å². The zero-order valence-electron chi connectivity index (χ0n) is 13.7. The Morgan fingerprint density at radius 1 is 1.28 bits per heavy atom. The lowest BCUT2D eigenvalue weighted by Crippen LogP contribution is -2.50. The number of methoxy groups -OCH3 is 1. The monoisotopic (exact) mass is 364 g/mol. The molecule has 1 aliphatic heterocycles. The summed E-state index contributed by atoms with van der Waals surface area (Å²) in [6, 6.07) is 5.92. The van der Waals surface area contributed by atoms with Gasteiger partial charge in [0.25, 0.3) is 0 Å². The zero-order valence-corrected chi connectivity index (χ0v) is 14.5. The van der Waals surface area contributed by atoms with Gasteiger partial charge in [-0.05, 0) is 18.2 Å². The molecule has 1 aliphatic rings. The summed E-state index contributed by atoms with van der Waals surface area (Å²) in [5.41, 5.74) is 1.30. The summed E-state index contributed by atoms with van der Waals surface area (Å²) in [5.74, 6) is -0.377. The first-order valence-corrected chi connectivity index (χ1v) is 8.20. The van der Waals surface area contributed by atoms with Gasteiger partial charge in [-0.3, -0.25) is 4.98 Å². The number of carbonyl (C=O) groups excluding carboxylic acids is 1. The minimum absolute atomic E-state index is 0.140. The van der Waals surface area contributed by atoms with Crippen LogP contribution in [0.2, 0.25) is 5.02 Å². The number of benzene rings is 1. The molecule has 0 spiro atoms. The fraction of sp³-hybridized carbons (Fsp3) is 0.294. The van der Waals surface area contributed by atoms with Crippen LogP contribution in [0.4, 0.5) is 20.6 Å². The van der Waals surface area contributed by atoms with Gasteiger partial charge in [0.2, 0.25) is 0 Å².